The zero-order chi connectivity index (χ0) is 10.3. The van der Waals surface area contributed by atoms with Gasteiger partial charge in [-0.15, -0.1) is 12.4 Å². The van der Waals surface area contributed by atoms with Gasteiger partial charge in [-0.1, -0.05) is 0 Å². The van der Waals surface area contributed by atoms with Crippen molar-refractivity contribution in [1.29, 1.82) is 0 Å². The molecule has 1 N–H and O–H groups in total. The predicted octanol–water partition coefficient (Wildman–Crippen LogP) is 1.88. The third kappa shape index (κ3) is 1.68. The topological polar surface area (TPSA) is 39.7 Å². The Morgan fingerprint density at radius 2 is 2.19 bits per heavy atom. The number of hydrogen-bond donors (Lipinski definition) is 1. The number of ether oxygens (including phenoxy) is 3. The van der Waals surface area contributed by atoms with Crippen LogP contribution in [0.5, 0.6) is 17.2 Å². The molecular weight excluding hydrogens is 230 g/mol. The first-order chi connectivity index (χ1) is 7.38. The van der Waals surface area contributed by atoms with Crippen molar-refractivity contribution >= 4 is 12.4 Å². The molecule has 1 fully saturated rings. The molecule has 16 heavy (non-hydrogen) atoms. The van der Waals surface area contributed by atoms with Crippen LogP contribution in [0.4, 0.5) is 0 Å². The molecule has 0 radical (unpaired) electrons. The van der Waals surface area contributed by atoms with E-state index in [1.807, 2.05) is 12.1 Å². The van der Waals surface area contributed by atoms with Gasteiger partial charge in [-0.05, 0) is 30.7 Å². The summed E-state index contributed by atoms with van der Waals surface area (Å²) < 4.78 is 16.0. The van der Waals surface area contributed by atoms with Crippen LogP contribution >= 0.6 is 12.4 Å². The van der Waals surface area contributed by atoms with Crippen LogP contribution in [-0.2, 0) is 0 Å². The van der Waals surface area contributed by atoms with E-state index in [0.29, 0.717) is 6.04 Å². The molecular formula is C11H14ClNO3. The van der Waals surface area contributed by atoms with Crippen molar-refractivity contribution in [1.82, 2.24) is 5.32 Å². The van der Waals surface area contributed by atoms with Crippen molar-refractivity contribution in [3.8, 4) is 17.2 Å². The minimum Gasteiger partial charge on any atom is -0.493 e. The number of nitrogens with one attached hydrogen (secondary N) is 1. The summed E-state index contributed by atoms with van der Waals surface area (Å²) >= 11 is 0. The van der Waals surface area contributed by atoms with Crippen molar-refractivity contribution in [2.24, 2.45) is 0 Å². The maximum atomic E-state index is 5.37. The molecule has 2 aliphatic rings. The Hall–Kier alpha value is -1.13. The fourth-order valence-corrected chi connectivity index (χ4v) is 1.92. The first-order valence-corrected chi connectivity index (χ1v) is 5.09. The molecule has 3 rings (SSSR count). The molecule has 2 aliphatic heterocycles. The maximum Gasteiger partial charge on any atom is 0.231 e. The summed E-state index contributed by atoms with van der Waals surface area (Å²) in [4.78, 5) is 0. The quantitative estimate of drug-likeness (QED) is 0.861. The van der Waals surface area contributed by atoms with E-state index in [1.165, 1.54) is 12.0 Å². The Morgan fingerprint density at radius 3 is 2.81 bits per heavy atom. The van der Waals surface area contributed by atoms with Gasteiger partial charge >= 0.3 is 0 Å². The lowest BCUT2D eigenvalue weighted by Gasteiger charge is -2.28. The van der Waals surface area contributed by atoms with Crippen LogP contribution in [0, 0.1) is 0 Å². The van der Waals surface area contributed by atoms with E-state index in [1.54, 1.807) is 7.11 Å². The smallest absolute Gasteiger partial charge is 0.231 e. The molecule has 1 aromatic rings. The lowest BCUT2D eigenvalue weighted by Crippen LogP contribution is -2.34. The second-order valence-electron chi connectivity index (χ2n) is 3.75. The standard InChI is InChI=1S/C11H13NO3.ClH/c1-13-9-4-7(8-2-3-12-8)5-10-11(9)15-6-14-10;/h4-5,8,12H,2-3,6H2,1H3;1H/t8-;/m1./s1. The predicted molar refractivity (Wildman–Crippen MR) is 61.7 cm³/mol. The highest BCUT2D eigenvalue weighted by Gasteiger charge is 2.25. The number of rotatable bonds is 2. The Bertz CT molecular complexity index is 393. The van der Waals surface area contributed by atoms with Gasteiger partial charge in [0.25, 0.3) is 0 Å². The van der Waals surface area contributed by atoms with Gasteiger partial charge in [0, 0.05) is 6.04 Å². The fraction of sp³-hybridized carbons (Fsp3) is 0.455. The number of benzene rings is 1. The van der Waals surface area contributed by atoms with Gasteiger partial charge < -0.3 is 19.5 Å². The number of fused-ring (bicyclic) bond motifs is 1. The fourth-order valence-electron chi connectivity index (χ4n) is 1.92. The zero-order valence-corrected chi connectivity index (χ0v) is 9.80. The molecule has 1 aromatic carbocycles. The molecule has 0 unspecified atom stereocenters. The molecule has 0 spiro atoms. The van der Waals surface area contributed by atoms with Crippen LogP contribution in [0.25, 0.3) is 0 Å². The second kappa shape index (κ2) is 4.39. The van der Waals surface area contributed by atoms with Gasteiger partial charge in [0.2, 0.25) is 12.5 Å². The summed E-state index contributed by atoms with van der Waals surface area (Å²) in [7, 11) is 1.65. The van der Waals surface area contributed by atoms with Crippen LogP contribution in [0.1, 0.15) is 18.0 Å². The highest BCUT2D eigenvalue weighted by atomic mass is 35.5. The van der Waals surface area contributed by atoms with Crippen molar-refractivity contribution in [2.75, 3.05) is 20.4 Å². The van der Waals surface area contributed by atoms with Crippen molar-refractivity contribution in [3.05, 3.63) is 17.7 Å². The van der Waals surface area contributed by atoms with Gasteiger partial charge in [-0.2, -0.15) is 0 Å². The highest BCUT2D eigenvalue weighted by Crippen LogP contribution is 2.43. The van der Waals surface area contributed by atoms with Gasteiger partial charge in [0.1, 0.15) is 0 Å². The third-order valence-corrected chi connectivity index (χ3v) is 2.91. The third-order valence-electron chi connectivity index (χ3n) is 2.91. The van der Waals surface area contributed by atoms with E-state index in [2.05, 4.69) is 5.32 Å². The lowest BCUT2D eigenvalue weighted by atomic mass is 9.97. The Balaban J connectivity index is 0.000000963. The first kappa shape index (κ1) is 11.4. The minimum absolute atomic E-state index is 0. The average Bonchev–Trinajstić information content (AvgIpc) is 2.61. The lowest BCUT2D eigenvalue weighted by molar-refractivity contribution is 0.171. The number of halogens is 1. The van der Waals surface area contributed by atoms with Crippen LogP contribution < -0.4 is 19.5 Å². The summed E-state index contributed by atoms with van der Waals surface area (Å²) in [5.74, 6) is 2.27. The van der Waals surface area contributed by atoms with Crippen LogP contribution in [0.2, 0.25) is 0 Å². The van der Waals surface area contributed by atoms with E-state index in [-0.39, 0.29) is 19.2 Å². The maximum absolute atomic E-state index is 5.37. The summed E-state index contributed by atoms with van der Waals surface area (Å²) in [6.07, 6.45) is 1.17. The Morgan fingerprint density at radius 1 is 1.38 bits per heavy atom. The van der Waals surface area contributed by atoms with Crippen LogP contribution in [0.3, 0.4) is 0 Å². The van der Waals surface area contributed by atoms with E-state index in [0.717, 1.165) is 23.8 Å². The molecule has 0 amide bonds. The molecule has 1 saturated heterocycles. The molecule has 88 valence electrons. The Labute approximate surface area is 100 Å². The molecule has 0 saturated carbocycles. The molecule has 5 heteroatoms. The molecule has 1 atom stereocenters. The van der Waals surface area contributed by atoms with Crippen LogP contribution in [-0.4, -0.2) is 20.4 Å². The number of hydrogen-bond acceptors (Lipinski definition) is 4. The van der Waals surface area contributed by atoms with Crippen LogP contribution in [0.15, 0.2) is 12.1 Å². The van der Waals surface area contributed by atoms with E-state index >= 15 is 0 Å². The Kier molecular flexibility index (Phi) is 3.12. The van der Waals surface area contributed by atoms with E-state index in [9.17, 15) is 0 Å². The molecule has 0 aliphatic carbocycles. The largest absolute Gasteiger partial charge is 0.493 e. The SMILES string of the molecule is COc1cc([C@H]2CCN2)cc2c1OCO2.Cl. The summed E-state index contributed by atoms with van der Waals surface area (Å²) in [5.41, 5.74) is 1.21. The molecule has 2 heterocycles. The van der Waals surface area contributed by atoms with Crippen molar-refractivity contribution in [3.63, 3.8) is 0 Å². The minimum atomic E-state index is 0. The van der Waals surface area contributed by atoms with Gasteiger partial charge in [-0.25, -0.2) is 0 Å². The monoisotopic (exact) mass is 243 g/mol. The molecule has 4 nitrogen and oxygen atoms in total. The summed E-state index contributed by atoms with van der Waals surface area (Å²) in [6, 6.07) is 4.49. The van der Waals surface area contributed by atoms with E-state index < -0.39 is 0 Å². The van der Waals surface area contributed by atoms with Gasteiger partial charge in [0.05, 0.1) is 7.11 Å². The highest BCUT2D eigenvalue weighted by molar-refractivity contribution is 5.85. The summed E-state index contributed by atoms with van der Waals surface area (Å²) in [5, 5.41) is 3.35. The van der Waals surface area contributed by atoms with Crippen molar-refractivity contribution in [2.45, 2.75) is 12.5 Å². The first-order valence-electron chi connectivity index (χ1n) is 5.09. The second-order valence-corrected chi connectivity index (χ2v) is 3.75. The normalized spacial score (nSPS) is 20.9. The zero-order valence-electron chi connectivity index (χ0n) is 8.99. The average molecular weight is 244 g/mol. The van der Waals surface area contributed by atoms with Gasteiger partial charge in [0.15, 0.2) is 11.5 Å². The summed E-state index contributed by atoms with van der Waals surface area (Å²) in [6.45, 7) is 1.37. The molecule has 0 aromatic heterocycles. The molecule has 0 bridgehead atoms. The van der Waals surface area contributed by atoms with Gasteiger partial charge in [-0.3, -0.25) is 0 Å². The van der Waals surface area contributed by atoms with Crippen molar-refractivity contribution < 1.29 is 14.2 Å². The number of methoxy groups -OCH3 is 1. The van der Waals surface area contributed by atoms with E-state index in [4.69, 9.17) is 14.2 Å².